The molecule has 0 saturated carbocycles. The van der Waals surface area contributed by atoms with Gasteiger partial charge in [0, 0.05) is 25.7 Å². The minimum Gasteiger partial charge on any atom is -0.334 e. The van der Waals surface area contributed by atoms with Gasteiger partial charge < -0.3 is 4.90 Å². The highest BCUT2D eigenvalue weighted by atomic mass is 32.2. The summed E-state index contributed by atoms with van der Waals surface area (Å²) in [6.45, 7) is 1.38. The standard InChI is InChI=1S/C21H18N2O2S2/c1-22-20(25)18(27-21(22)26)12-14-6-8-16(9-7-14)19(24)23-11-10-15-4-2-3-5-17(15)13-23/h2-9,12H,10-11,13H2,1H3/b18-12+. The monoisotopic (exact) mass is 394 g/mol. The number of rotatable bonds is 2. The summed E-state index contributed by atoms with van der Waals surface area (Å²) < 4.78 is 0.559. The van der Waals surface area contributed by atoms with Gasteiger partial charge in [0.25, 0.3) is 11.8 Å². The number of carbonyl (C=O) groups excluding carboxylic acids is 2. The van der Waals surface area contributed by atoms with Crippen molar-refractivity contribution >= 4 is 46.2 Å². The normalized spacial score (nSPS) is 18.2. The molecule has 2 aromatic rings. The molecule has 2 aliphatic heterocycles. The molecule has 2 aromatic carbocycles. The summed E-state index contributed by atoms with van der Waals surface area (Å²) in [4.78, 5) is 28.9. The van der Waals surface area contributed by atoms with Gasteiger partial charge >= 0.3 is 0 Å². The van der Waals surface area contributed by atoms with Crippen molar-refractivity contribution in [1.29, 1.82) is 0 Å². The number of hydrogen-bond acceptors (Lipinski definition) is 4. The van der Waals surface area contributed by atoms with Gasteiger partial charge in [-0.05, 0) is 41.3 Å². The number of fused-ring (bicyclic) bond motifs is 1. The van der Waals surface area contributed by atoms with E-state index in [-0.39, 0.29) is 11.8 Å². The first-order chi connectivity index (χ1) is 13.0. The molecular formula is C21H18N2O2S2. The minimum absolute atomic E-state index is 0.0379. The Hall–Kier alpha value is -2.44. The van der Waals surface area contributed by atoms with Gasteiger partial charge in [-0.1, -0.05) is 60.4 Å². The molecular weight excluding hydrogens is 376 g/mol. The molecule has 4 rings (SSSR count). The van der Waals surface area contributed by atoms with Crippen LogP contribution in [0.2, 0.25) is 0 Å². The molecule has 2 heterocycles. The maximum atomic E-state index is 12.8. The second kappa shape index (κ2) is 7.29. The van der Waals surface area contributed by atoms with Gasteiger partial charge in [0.15, 0.2) is 0 Å². The fourth-order valence-electron chi connectivity index (χ4n) is 3.27. The Balaban J connectivity index is 1.49. The molecule has 0 aromatic heterocycles. The molecule has 0 radical (unpaired) electrons. The number of nitrogens with zero attached hydrogens (tertiary/aromatic N) is 2. The molecule has 2 amide bonds. The van der Waals surface area contributed by atoms with E-state index >= 15 is 0 Å². The van der Waals surface area contributed by atoms with Crippen LogP contribution in [0.1, 0.15) is 27.0 Å². The summed E-state index contributed by atoms with van der Waals surface area (Å²) in [5, 5.41) is 0. The molecule has 136 valence electrons. The molecule has 0 atom stereocenters. The van der Waals surface area contributed by atoms with Crippen LogP contribution in [0.4, 0.5) is 0 Å². The van der Waals surface area contributed by atoms with Crippen LogP contribution in [0.3, 0.4) is 0 Å². The van der Waals surface area contributed by atoms with E-state index in [0.717, 1.165) is 18.5 Å². The third kappa shape index (κ3) is 3.55. The zero-order chi connectivity index (χ0) is 19.0. The van der Waals surface area contributed by atoms with Crippen molar-refractivity contribution in [3.8, 4) is 0 Å². The summed E-state index contributed by atoms with van der Waals surface area (Å²) in [5.41, 5.74) is 4.08. The SMILES string of the molecule is CN1C(=O)/C(=C\c2ccc(C(=O)N3CCc4ccccc4C3)cc2)SC1=S. The lowest BCUT2D eigenvalue weighted by atomic mass is 9.99. The van der Waals surface area contributed by atoms with Crippen molar-refractivity contribution in [2.75, 3.05) is 13.6 Å². The maximum absolute atomic E-state index is 12.8. The van der Waals surface area contributed by atoms with Crippen LogP contribution in [0, 0.1) is 0 Å². The Morgan fingerprint density at radius 1 is 1.11 bits per heavy atom. The van der Waals surface area contributed by atoms with Crippen LogP contribution in [0.15, 0.2) is 53.4 Å². The minimum atomic E-state index is -0.0860. The summed E-state index contributed by atoms with van der Waals surface area (Å²) in [6.07, 6.45) is 2.70. The van der Waals surface area contributed by atoms with Gasteiger partial charge in [0.1, 0.15) is 4.32 Å². The number of amides is 2. The smallest absolute Gasteiger partial charge is 0.265 e. The van der Waals surface area contributed by atoms with Crippen molar-refractivity contribution in [1.82, 2.24) is 9.80 Å². The quantitative estimate of drug-likeness (QED) is 0.575. The average Bonchev–Trinajstić information content (AvgIpc) is 2.94. The van der Waals surface area contributed by atoms with Gasteiger partial charge in [-0.15, -0.1) is 0 Å². The lowest BCUT2D eigenvalue weighted by Gasteiger charge is -2.29. The highest BCUT2D eigenvalue weighted by Gasteiger charge is 2.28. The topological polar surface area (TPSA) is 40.6 Å². The van der Waals surface area contributed by atoms with Crippen LogP contribution in [0.25, 0.3) is 6.08 Å². The third-order valence-electron chi connectivity index (χ3n) is 4.86. The van der Waals surface area contributed by atoms with Crippen molar-refractivity contribution in [3.63, 3.8) is 0 Å². The van der Waals surface area contributed by atoms with Crippen LogP contribution < -0.4 is 0 Å². The van der Waals surface area contributed by atoms with Crippen molar-refractivity contribution in [2.45, 2.75) is 13.0 Å². The van der Waals surface area contributed by atoms with Crippen LogP contribution >= 0.6 is 24.0 Å². The zero-order valence-electron chi connectivity index (χ0n) is 14.8. The van der Waals surface area contributed by atoms with E-state index in [1.807, 2.05) is 47.4 Å². The number of hydrogen-bond donors (Lipinski definition) is 0. The van der Waals surface area contributed by atoms with Crippen LogP contribution in [-0.4, -0.2) is 39.5 Å². The van der Waals surface area contributed by atoms with Crippen LogP contribution in [-0.2, 0) is 17.8 Å². The molecule has 0 N–H and O–H groups in total. The Labute approximate surface area is 167 Å². The molecule has 0 unspecified atom stereocenters. The molecule has 1 fully saturated rings. The van der Waals surface area contributed by atoms with E-state index in [9.17, 15) is 9.59 Å². The lowest BCUT2D eigenvalue weighted by molar-refractivity contribution is -0.121. The predicted octanol–water partition coefficient (Wildman–Crippen LogP) is 3.72. The molecule has 1 saturated heterocycles. The number of thiocarbonyl (C=S) groups is 1. The number of carbonyl (C=O) groups is 2. The number of benzene rings is 2. The van der Waals surface area contributed by atoms with Crippen molar-refractivity contribution < 1.29 is 9.59 Å². The third-order valence-corrected chi connectivity index (χ3v) is 6.34. The zero-order valence-corrected chi connectivity index (χ0v) is 16.5. The molecule has 2 aliphatic rings. The number of thioether (sulfide) groups is 1. The van der Waals surface area contributed by atoms with Crippen molar-refractivity contribution in [2.24, 2.45) is 0 Å². The molecule has 0 aliphatic carbocycles. The van der Waals surface area contributed by atoms with Gasteiger partial charge in [-0.2, -0.15) is 0 Å². The molecule has 4 nitrogen and oxygen atoms in total. The number of likely N-dealkylation sites (N-methyl/N-ethyl adjacent to an activating group) is 1. The Morgan fingerprint density at radius 3 is 2.48 bits per heavy atom. The second-order valence-electron chi connectivity index (χ2n) is 6.61. The van der Waals surface area contributed by atoms with E-state index in [1.165, 1.54) is 27.8 Å². The van der Waals surface area contributed by atoms with Gasteiger partial charge in [-0.3, -0.25) is 14.5 Å². The van der Waals surface area contributed by atoms with E-state index in [2.05, 4.69) is 12.1 Å². The van der Waals surface area contributed by atoms with Crippen LogP contribution in [0.5, 0.6) is 0 Å². The van der Waals surface area contributed by atoms with Gasteiger partial charge in [-0.25, -0.2) is 0 Å². The predicted molar refractivity (Wildman–Crippen MR) is 112 cm³/mol. The van der Waals surface area contributed by atoms with E-state index in [1.54, 1.807) is 7.05 Å². The Kier molecular flexibility index (Phi) is 4.85. The fraction of sp³-hybridized carbons (Fsp3) is 0.190. The molecule has 27 heavy (non-hydrogen) atoms. The first-order valence-corrected chi connectivity index (χ1v) is 9.93. The first kappa shape index (κ1) is 17.9. The Bertz CT molecular complexity index is 966. The summed E-state index contributed by atoms with van der Waals surface area (Å²) in [5.74, 6) is -0.0481. The first-order valence-electron chi connectivity index (χ1n) is 8.70. The largest absolute Gasteiger partial charge is 0.334 e. The molecule has 6 heteroatoms. The van der Waals surface area contributed by atoms with E-state index in [0.29, 0.717) is 21.3 Å². The highest BCUT2D eigenvalue weighted by Crippen LogP contribution is 2.31. The summed E-state index contributed by atoms with van der Waals surface area (Å²) in [6, 6.07) is 15.7. The molecule has 0 bridgehead atoms. The van der Waals surface area contributed by atoms with Gasteiger partial charge in [0.2, 0.25) is 0 Å². The van der Waals surface area contributed by atoms with E-state index in [4.69, 9.17) is 12.2 Å². The molecule has 0 spiro atoms. The fourth-order valence-corrected chi connectivity index (χ4v) is 4.45. The van der Waals surface area contributed by atoms with Gasteiger partial charge in [0.05, 0.1) is 4.91 Å². The Morgan fingerprint density at radius 2 is 1.81 bits per heavy atom. The summed E-state index contributed by atoms with van der Waals surface area (Å²) in [7, 11) is 1.68. The average molecular weight is 395 g/mol. The maximum Gasteiger partial charge on any atom is 0.265 e. The lowest BCUT2D eigenvalue weighted by Crippen LogP contribution is -2.35. The summed E-state index contributed by atoms with van der Waals surface area (Å²) >= 11 is 6.44. The van der Waals surface area contributed by atoms with Crippen molar-refractivity contribution in [3.05, 3.63) is 75.7 Å². The van der Waals surface area contributed by atoms with E-state index < -0.39 is 0 Å². The highest BCUT2D eigenvalue weighted by molar-refractivity contribution is 8.26. The second-order valence-corrected chi connectivity index (χ2v) is 8.28.